The Balaban J connectivity index is 0.00000353. The third-order valence-corrected chi connectivity index (χ3v) is 8.60. The Morgan fingerprint density at radius 3 is 2.81 bits per heavy atom. The monoisotopic (exact) mass is 586 g/mol. The highest BCUT2D eigenvalue weighted by Gasteiger charge is 2.35. The van der Waals surface area contributed by atoms with E-state index in [1.165, 1.54) is 12.5 Å². The highest BCUT2D eigenvalue weighted by atomic mass is 32.1. The SMILES string of the molecule is S.[C-]#[N+]CC1CN(c2nc(OC[C@@H]3CCCN3C)nc3c2CCN(c2cccc4ncccc24)C3)CCN1C(=O)C=C. The molecule has 0 radical (unpaired) electrons. The molecule has 0 aliphatic carbocycles. The summed E-state index contributed by atoms with van der Waals surface area (Å²) in [4.78, 5) is 39.3. The number of likely N-dealkylation sites (tertiary alicyclic amines) is 1. The van der Waals surface area contributed by atoms with Crippen LogP contribution in [0.25, 0.3) is 15.7 Å². The van der Waals surface area contributed by atoms with Crippen LogP contribution in [0, 0.1) is 6.57 Å². The van der Waals surface area contributed by atoms with Crippen LogP contribution < -0.4 is 14.5 Å². The van der Waals surface area contributed by atoms with E-state index >= 15 is 0 Å². The molecular formula is C31H38N8O2S. The van der Waals surface area contributed by atoms with E-state index in [0.29, 0.717) is 44.8 Å². The molecule has 1 aromatic carbocycles. The van der Waals surface area contributed by atoms with Gasteiger partial charge in [0.1, 0.15) is 18.5 Å². The van der Waals surface area contributed by atoms with E-state index in [1.54, 1.807) is 4.90 Å². The maximum atomic E-state index is 12.5. The second kappa shape index (κ2) is 13.0. The van der Waals surface area contributed by atoms with E-state index in [0.717, 1.165) is 59.6 Å². The molecule has 0 spiro atoms. The summed E-state index contributed by atoms with van der Waals surface area (Å²) in [7, 11) is 2.14. The first-order valence-electron chi connectivity index (χ1n) is 14.4. The fourth-order valence-electron chi connectivity index (χ4n) is 6.36. The van der Waals surface area contributed by atoms with Gasteiger partial charge in [-0.25, -0.2) is 6.57 Å². The fraction of sp³-hybridized carbons (Fsp3) is 0.452. The van der Waals surface area contributed by atoms with Crippen molar-refractivity contribution in [3.8, 4) is 6.01 Å². The van der Waals surface area contributed by atoms with Gasteiger partial charge in [-0.2, -0.15) is 23.5 Å². The summed E-state index contributed by atoms with van der Waals surface area (Å²) in [6.07, 6.45) is 6.22. The Kier molecular flexibility index (Phi) is 9.14. The van der Waals surface area contributed by atoms with E-state index in [9.17, 15) is 4.79 Å². The highest BCUT2D eigenvalue weighted by Crippen LogP contribution is 2.34. The normalized spacial score (nSPS) is 20.5. The summed E-state index contributed by atoms with van der Waals surface area (Å²) >= 11 is 0. The zero-order valence-corrected chi connectivity index (χ0v) is 25.1. The van der Waals surface area contributed by atoms with E-state index in [1.807, 2.05) is 18.3 Å². The minimum absolute atomic E-state index is 0. The molecule has 1 amide bonds. The van der Waals surface area contributed by atoms with E-state index < -0.39 is 0 Å². The third-order valence-electron chi connectivity index (χ3n) is 8.60. The maximum absolute atomic E-state index is 12.5. The molecule has 42 heavy (non-hydrogen) atoms. The molecular weight excluding hydrogens is 548 g/mol. The molecule has 2 saturated heterocycles. The Morgan fingerprint density at radius 2 is 2.02 bits per heavy atom. The lowest BCUT2D eigenvalue weighted by atomic mass is 10.0. The van der Waals surface area contributed by atoms with Gasteiger partial charge in [0.2, 0.25) is 12.5 Å². The van der Waals surface area contributed by atoms with Crippen LogP contribution in [0.5, 0.6) is 6.01 Å². The summed E-state index contributed by atoms with van der Waals surface area (Å²) in [6, 6.07) is 10.9. The number of carbonyl (C=O) groups excluding carboxylic acids is 1. The van der Waals surface area contributed by atoms with Crippen LogP contribution in [0.4, 0.5) is 11.5 Å². The Labute approximate surface area is 254 Å². The highest BCUT2D eigenvalue weighted by molar-refractivity contribution is 7.59. The lowest BCUT2D eigenvalue weighted by molar-refractivity contribution is -0.128. The fourth-order valence-corrected chi connectivity index (χ4v) is 6.36. The van der Waals surface area contributed by atoms with Crippen molar-refractivity contribution in [1.29, 1.82) is 0 Å². The molecule has 0 bridgehead atoms. The predicted molar refractivity (Wildman–Crippen MR) is 169 cm³/mol. The summed E-state index contributed by atoms with van der Waals surface area (Å²) in [5, 5.41) is 1.12. The summed E-state index contributed by atoms with van der Waals surface area (Å²) in [5.74, 6) is 0.734. The van der Waals surface area contributed by atoms with Crippen LogP contribution in [0.3, 0.4) is 0 Å². The lowest BCUT2D eigenvalue weighted by Gasteiger charge is -2.41. The number of ether oxygens (including phenoxy) is 1. The minimum Gasteiger partial charge on any atom is -0.462 e. The molecule has 2 fully saturated rings. The number of piperazine rings is 1. The third kappa shape index (κ3) is 5.87. The van der Waals surface area contributed by atoms with Gasteiger partial charge < -0.3 is 29.2 Å². The molecule has 3 aromatic rings. The quantitative estimate of drug-likeness (QED) is 0.308. The molecule has 2 atom stereocenters. The molecule has 10 nitrogen and oxygen atoms in total. The lowest BCUT2D eigenvalue weighted by Crippen LogP contribution is -2.56. The first-order chi connectivity index (χ1) is 20.1. The second-order valence-electron chi connectivity index (χ2n) is 11.0. The number of likely N-dealkylation sites (N-methyl/N-ethyl adjacent to an activating group) is 1. The molecule has 0 saturated carbocycles. The molecule has 1 unspecified atom stereocenters. The average molecular weight is 587 g/mol. The van der Waals surface area contributed by atoms with Crippen LogP contribution in [0.15, 0.2) is 49.2 Å². The number of anilines is 2. The molecule has 3 aliphatic rings. The average Bonchev–Trinajstić information content (AvgIpc) is 3.43. The number of carbonyl (C=O) groups is 1. The van der Waals surface area contributed by atoms with Crippen molar-refractivity contribution in [1.82, 2.24) is 24.8 Å². The van der Waals surface area contributed by atoms with Gasteiger partial charge in [-0.1, -0.05) is 12.6 Å². The van der Waals surface area contributed by atoms with Crippen LogP contribution in [0.2, 0.25) is 0 Å². The molecule has 5 heterocycles. The molecule has 6 rings (SSSR count). The Hall–Kier alpha value is -3.88. The number of hydrogen-bond acceptors (Lipinski definition) is 8. The van der Waals surface area contributed by atoms with Crippen LogP contribution in [0.1, 0.15) is 24.1 Å². The van der Waals surface area contributed by atoms with E-state index in [-0.39, 0.29) is 32.0 Å². The number of rotatable bonds is 7. The van der Waals surface area contributed by atoms with Crippen LogP contribution in [-0.2, 0) is 17.8 Å². The van der Waals surface area contributed by atoms with Crippen molar-refractivity contribution >= 4 is 41.8 Å². The van der Waals surface area contributed by atoms with Gasteiger partial charge >= 0.3 is 6.01 Å². The first kappa shape index (κ1) is 29.6. The first-order valence-corrected chi connectivity index (χ1v) is 14.4. The van der Waals surface area contributed by atoms with Gasteiger partial charge in [-0.3, -0.25) is 9.78 Å². The van der Waals surface area contributed by atoms with Crippen molar-refractivity contribution in [2.24, 2.45) is 0 Å². The molecule has 11 heteroatoms. The minimum atomic E-state index is -0.225. The van der Waals surface area contributed by atoms with Gasteiger partial charge in [0.15, 0.2) is 0 Å². The van der Waals surface area contributed by atoms with Crippen LogP contribution in [-0.4, -0.2) is 95.7 Å². The number of aromatic nitrogens is 3. The van der Waals surface area contributed by atoms with Gasteiger partial charge in [-0.05, 0) is 63.2 Å². The van der Waals surface area contributed by atoms with E-state index in [4.69, 9.17) is 21.3 Å². The largest absolute Gasteiger partial charge is 0.462 e. The predicted octanol–water partition coefficient (Wildman–Crippen LogP) is 3.30. The van der Waals surface area contributed by atoms with Gasteiger partial charge in [0.05, 0.1) is 17.8 Å². The smallest absolute Gasteiger partial charge is 0.318 e. The zero-order chi connectivity index (χ0) is 28.3. The van der Waals surface area contributed by atoms with Crippen LogP contribution >= 0.6 is 13.5 Å². The second-order valence-corrected chi connectivity index (χ2v) is 11.0. The summed E-state index contributed by atoms with van der Waals surface area (Å²) in [6.45, 7) is 16.1. The van der Waals surface area contributed by atoms with Crippen molar-refractivity contribution in [3.05, 3.63) is 71.9 Å². The standard InChI is InChI=1S/C31H36N8O2.H2S/c1-4-29(40)39-17-16-38(19-23(39)18-32-2)30-25-12-15-37(28-11-5-10-26-24(28)9-6-13-33-26)20-27(25)34-31(35-30)41-21-22-8-7-14-36(22)3;/h4-6,9-11,13,22-23H,1,7-8,12,14-21H2,3H3;1H2/t22-,23?;/m0./s1. The van der Waals surface area contributed by atoms with Gasteiger partial charge in [-0.15, -0.1) is 0 Å². The maximum Gasteiger partial charge on any atom is 0.318 e. The molecule has 3 aliphatic heterocycles. The zero-order valence-electron chi connectivity index (χ0n) is 24.1. The number of fused-ring (bicyclic) bond motifs is 2. The summed E-state index contributed by atoms with van der Waals surface area (Å²) in [5.41, 5.74) is 4.20. The Bertz CT molecular complexity index is 1490. The number of nitrogens with zero attached hydrogens (tertiary/aromatic N) is 8. The van der Waals surface area contributed by atoms with Crippen molar-refractivity contribution in [2.45, 2.75) is 37.9 Å². The van der Waals surface area contributed by atoms with Crippen molar-refractivity contribution in [2.75, 3.05) is 62.7 Å². The summed E-state index contributed by atoms with van der Waals surface area (Å²) < 4.78 is 6.27. The topological polar surface area (TPSA) is 82.3 Å². The number of pyridine rings is 1. The molecule has 220 valence electrons. The van der Waals surface area contributed by atoms with Crippen molar-refractivity contribution in [3.63, 3.8) is 0 Å². The van der Waals surface area contributed by atoms with E-state index in [2.05, 4.69) is 56.4 Å². The van der Waals surface area contributed by atoms with Gasteiger partial charge in [0.25, 0.3) is 0 Å². The molecule has 0 N–H and O–H groups in total. The number of amides is 1. The Morgan fingerprint density at radius 1 is 1.14 bits per heavy atom. The molecule has 2 aromatic heterocycles. The van der Waals surface area contributed by atoms with Gasteiger partial charge in [0, 0.05) is 55.1 Å². The number of hydrogen-bond donors (Lipinski definition) is 0. The number of benzene rings is 1. The van der Waals surface area contributed by atoms with Crippen molar-refractivity contribution < 1.29 is 9.53 Å².